The lowest BCUT2D eigenvalue weighted by molar-refractivity contribution is -0.149. The monoisotopic (exact) mass is 296 g/mol. The van der Waals surface area contributed by atoms with Crippen LogP contribution in [0.25, 0.3) is 0 Å². The minimum absolute atomic E-state index is 0.0792. The largest absolute Gasteiger partial charge is 0.481 e. The summed E-state index contributed by atoms with van der Waals surface area (Å²) < 4.78 is 0. The molecule has 0 bridgehead atoms. The fourth-order valence-corrected chi connectivity index (χ4v) is 3.86. The van der Waals surface area contributed by atoms with Crippen LogP contribution < -0.4 is 0 Å². The number of carbonyl (C=O) groups excluding carboxylic acids is 1. The van der Waals surface area contributed by atoms with Crippen LogP contribution in [0.4, 0.5) is 0 Å². The summed E-state index contributed by atoms with van der Waals surface area (Å²) in [5, 5.41) is 9.38. The van der Waals surface area contributed by atoms with Gasteiger partial charge in [-0.3, -0.25) is 9.59 Å². The Morgan fingerprint density at radius 2 is 1.71 bits per heavy atom. The van der Waals surface area contributed by atoms with E-state index in [4.69, 9.17) is 0 Å². The Kier molecular flexibility index (Phi) is 5.25. The van der Waals surface area contributed by atoms with Crippen molar-refractivity contribution in [3.05, 3.63) is 0 Å². The van der Waals surface area contributed by atoms with E-state index in [1.807, 2.05) is 4.90 Å². The van der Waals surface area contributed by atoms with E-state index in [1.54, 1.807) is 0 Å². The number of aliphatic carboxylic acids is 1. The van der Waals surface area contributed by atoms with Gasteiger partial charge in [0.2, 0.25) is 5.91 Å². The van der Waals surface area contributed by atoms with Gasteiger partial charge in [-0.15, -0.1) is 0 Å². The van der Waals surface area contributed by atoms with Gasteiger partial charge < -0.3 is 14.9 Å². The Bertz CT molecular complexity index is 389. The summed E-state index contributed by atoms with van der Waals surface area (Å²) in [5.74, 6) is -1.11. The molecule has 1 heterocycles. The van der Waals surface area contributed by atoms with Crippen LogP contribution in [-0.4, -0.2) is 60.0 Å². The number of carbonyl (C=O) groups is 2. The highest BCUT2D eigenvalue weighted by Gasteiger charge is 2.44. The van der Waals surface area contributed by atoms with Crippen molar-refractivity contribution in [3.8, 4) is 0 Å². The maximum Gasteiger partial charge on any atom is 0.307 e. The third-order valence-electron chi connectivity index (χ3n) is 5.38. The SMILES string of the molecule is CCC1CC(C(=O)O)C(C(=O)N2CCC(N(C)C)CC2)C1. The van der Waals surface area contributed by atoms with E-state index in [9.17, 15) is 14.7 Å². The maximum absolute atomic E-state index is 12.7. The van der Waals surface area contributed by atoms with Crippen LogP contribution in [0.5, 0.6) is 0 Å². The van der Waals surface area contributed by atoms with E-state index in [-0.39, 0.29) is 11.8 Å². The first-order valence-corrected chi connectivity index (χ1v) is 8.12. The molecule has 1 saturated carbocycles. The molecule has 3 atom stereocenters. The van der Waals surface area contributed by atoms with Crippen molar-refractivity contribution in [2.75, 3.05) is 27.2 Å². The van der Waals surface area contributed by atoms with Crippen LogP contribution in [-0.2, 0) is 9.59 Å². The molecule has 1 aliphatic heterocycles. The molecule has 1 aliphatic carbocycles. The number of likely N-dealkylation sites (tertiary alicyclic amines) is 1. The molecule has 1 amide bonds. The highest BCUT2D eigenvalue weighted by molar-refractivity contribution is 5.85. The van der Waals surface area contributed by atoms with Crippen molar-refractivity contribution in [3.63, 3.8) is 0 Å². The molecule has 0 aromatic rings. The number of hydrogen-bond donors (Lipinski definition) is 1. The lowest BCUT2D eigenvalue weighted by Gasteiger charge is -2.36. The number of piperidine rings is 1. The van der Waals surface area contributed by atoms with E-state index in [2.05, 4.69) is 25.9 Å². The molecule has 120 valence electrons. The van der Waals surface area contributed by atoms with E-state index in [0.717, 1.165) is 38.8 Å². The van der Waals surface area contributed by atoms with Crippen LogP contribution >= 0.6 is 0 Å². The van der Waals surface area contributed by atoms with Gasteiger partial charge in [0.1, 0.15) is 0 Å². The van der Waals surface area contributed by atoms with Crippen molar-refractivity contribution in [2.45, 2.75) is 45.1 Å². The first kappa shape index (κ1) is 16.3. The van der Waals surface area contributed by atoms with Gasteiger partial charge in [0.05, 0.1) is 11.8 Å². The minimum atomic E-state index is -0.799. The molecule has 3 unspecified atom stereocenters. The summed E-state index contributed by atoms with van der Waals surface area (Å²) in [6.45, 7) is 3.61. The number of amides is 1. The Hall–Kier alpha value is -1.10. The third kappa shape index (κ3) is 3.57. The average molecular weight is 296 g/mol. The van der Waals surface area contributed by atoms with Crippen molar-refractivity contribution in [1.82, 2.24) is 9.80 Å². The molecule has 2 fully saturated rings. The number of carboxylic acids is 1. The summed E-state index contributed by atoms with van der Waals surface area (Å²) in [4.78, 5) is 28.2. The van der Waals surface area contributed by atoms with Crippen LogP contribution in [0.2, 0.25) is 0 Å². The zero-order valence-corrected chi connectivity index (χ0v) is 13.4. The number of hydrogen-bond acceptors (Lipinski definition) is 3. The zero-order chi connectivity index (χ0) is 15.6. The fraction of sp³-hybridized carbons (Fsp3) is 0.875. The zero-order valence-electron chi connectivity index (χ0n) is 13.4. The predicted octanol–water partition coefficient (Wildman–Crippen LogP) is 1.68. The van der Waals surface area contributed by atoms with Crippen LogP contribution in [0.3, 0.4) is 0 Å². The van der Waals surface area contributed by atoms with Crippen molar-refractivity contribution >= 4 is 11.9 Å². The van der Waals surface area contributed by atoms with E-state index in [0.29, 0.717) is 18.4 Å². The first-order chi connectivity index (χ1) is 9.93. The normalized spacial score (nSPS) is 30.9. The van der Waals surface area contributed by atoms with Gasteiger partial charge in [-0.25, -0.2) is 0 Å². The molecule has 5 heteroatoms. The average Bonchev–Trinajstić information content (AvgIpc) is 2.91. The molecule has 21 heavy (non-hydrogen) atoms. The lowest BCUT2D eigenvalue weighted by Crippen LogP contribution is -2.47. The van der Waals surface area contributed by atoms with Crippen molar-refractivity contribution in [2.24, 2.45) is 17.8 Å². The van der Waals surface area contributed by atoms with Gasteiger partial charge in [0.15, 0.2) is 0 Å². The van der Waals surface area contributed by atoms with Gasteiger partial charge in [0, 0.05) is 19.1 Å². The second-order valence-corrected chi connectivity index (χ2v) is 6.82. The smallest absolute Gasteiger partial charge is 0.307 e. The van der Waals surface area contributed by atoms with Crippen LogP contribution in [0, 0.1) is 17.8 Å². The molecule has 5 nitrogen and oxygen atoms in total. The van der Waals surface area contributed by atoms with Gasteiger partial charge >= 0.3 is 5.97 Å². The Morgan fingerprint density at radius 3 is 2.19 bits per heavy atom. The standard InChI is InChI=1S/C16H28N2O3/c1-4-11-9-13(14(10-11)16(20)21)15(19)18-7-5-12(6-8-18)17(2)3/h11-14H,4-10H2,1-3H3,(H,20,21). The first-order valence-electron chi connectivity index (χ1n) is 8.12. The number of carboxylic acid groups (broad SMARTS) is 1. The molecule has 2 aliphatic rings. The quantitative estimate of drug-likeness (QED) is 0.857. The summed E-state index contributed by atoms with van der Waals surface area (Å²) in [6, 6.07) is 0.538. The molecule has 1 N–H and O–H groups in total. The predicted molar refractivity (Wildman–Crippen MR) is 80.9 cm³/mol. The summed E-state index contributed by atoms with van der Waals surface area (Å²) >= 11 is 0. The molecule has 2 rings (SSSR count). The maximum atomic E-state index is 12.7. The fourth-order valence-electron chi connectivity index (χ4n) is 3.86. The molecule has 0 radical (unpaired) electrons. The van der Waals surface area contributed by atoms with E-state index < -0.39 is 11.9 Å². The molecular formula is C16H28N2O3. The lowest BCUT2D eigenvalue weighted by atomic mass is 9.93. The van der Waals surface area contributed by atoms with Crippen LogP contribution in [0.15, 0.2) is 0 Å². The van der Waals surface area contributed by atoms with E-state index >= 15 is 0 Å². The topological polar surface area (TPSA) is 60.9 Å². The molecule has 0 aromatic heterocycles. The van der Waals surface area contributed by atoms with Gasteiger partial charge in [-0.05, 0) is 45.7 Å². The highest BCUT2D eigenvalue weighted by atomic mass is 16.4. The Morgan fingerprint density at radius 1 is 1.14 bits per heavy atom. The second kappa shape index (κ2) is 6.77. The molecule has 1 saturated heterocycles. The number of rotatable bonds is 4. The Labute approximate surface area is 127 Å². The Balaban J connectivity index is 1.97. The number of nitrogens with zero attached hydrogens (tertiary/aromatic N) is 2. The molecular weight excluding hydrogens is 268 g/mol. The summed E-state index contributed by atoms with van der Waals surface area (Å²) in [5.41, 5.74) is 0. The van der Waals surface area contributed by atoms with Gasteiger partial charge in [0.25, 0.3) is 0 Å². The third-order valence-corrected chi connectivity index (χ3v) is 5.38. The van der Waals surface area contributed by atoms with Gasteiger partial charge in [-0.2, -0.15) is 0 Å². The van der Waals surface area contributed by atoms with Crippen LogP contribution in [0.1, 0.15) is 39.0 Å². The molecule has 0 spiro atoms. The van der Waals surface area contributed by atoms with Gasteiger partial charge in [-0.1, -0.05) is 13.3 Å². The summed E-state index contributed by atoms with van der Waals surface area (Å²) in [6.07, 6.45) is 4.35. The minimum Gasteiger partial charge on any atom is -0.481 e. The second-order valence-electron chi connectivity index (χ2n) is 6.82. The highest BCUT2D eigenvalue weighted by Crippen LogP contribution is 2.39. The molecule has 0 aromatic carbocycles. The summed E-state index contributed by atoms with van der Waals surface area (Å²) in [7, 11) is 4.15. The van der Waals surface area contributed by atoms with E-state index in [1.165, 1.54) is 0 Å². The van der Waals surface area contributed by atoms with Crippen molar-refractivity contribution < 1.29 is 14.7 Å². The van der Waals surface area contributed by atoms with Crippen molar-refractivity contribution in [1.29, 1.82) is 0 Å².